The van der Waals surface area contributed by atoms with Gasteiger partial charge in [0.25, 0.3) is 10.1 Å². The molecule has 2 aromatic rings. The van der Waals surface area contributed by atoms with E-state index >= 15 is 0 Å². The largest absolute Gasteiger partial charge is 0.412 e. The maximum absolute atomic E-state index is 9.19. The van der Waals surface area contributed by atoms with Crippen LogP contribution in [-0.4, -0.2) is 67.7 Å². The topological polar surface area (TPSA) is 92.4 Å². The lowest BCUT2D eigenvalue weighted by atomic mass is 9.91. The van der Waals surface area contributed by atoms with E-state index in [1.165, 1.54) is 67.2 Å². The van der Waals surface area contributed by atoms with Gasteiger partial charge in [0, 0.05) is 42.0 Å². The second kappa shape index (κ2) is 11.3. The molecular formula is C25H36N2O4S2. The van der Waals surface area contributed by atoms with Gasteiger partial charge in [-0.1, -0.05) is 54.9 Å². The van der Waals surface area contributed by atoms with E-state index in [1.807, 2.05) is 11.8 Å². The molecule has 1 saturated carbocycles. The number of likely N-dealkylation sites (N-methyl/N-ethyl adjacent to an activating group) is 1. The van der Waals surface area contributed by atoms with Crippen molar-refractivity contribution in [1.82, 2.24) is 9.80 Å². The van der Waals surface area contributed by atoms with E-state index in [0.29, 0.717) is 12.3 Å². The van der Waals surface area contributed by atoms with E-state index in [9.17, 15) is 8.42 Å². The zero-order chi connectivity index (χ0) is 22.7. The fourth-order valence-electron chi connectivity index (χ4n) is 5.10. The highest BCUT2D eigenvalue weighted by Crippen LogP contribution is 2.45. The Morgan fingerprint density at radius 1 is 0.970 bits per heavy atom. The van der Waals surface area contributed by atoms with Crippen molar-refractivity contribution in [2.45, 2.75) is 53.9 Å². The van der Waals surface area contributed by atoms with Crippen molar-refractivity contribution >= 4 is 21.9 Å². The van der Waals surface area contributed by atoms with E-state index in [2.05, 4.69) is 59.3 Å². The molecule has 3 aliphatic rings. The second-order valence-electron chi connectivity index (χ2n) is 9.28. The average Bonchev–Trinajstić information content (AvgIpc) is 3.22. The molecule has 1 saturated heterocycles. The summed E-state index contributed by atoms with van der Waals surface area (Å²) in [5.41, 5.74) is 4.70. The zero-order valence-electron chi connectivity index (χ0n) is 19.5. The lowest BCUT2D eigenvalue weighted by molar-refractivity contribution is 0.110. The Bertz CT molecular complexity index is 1020. The van der Waals surface area contributed by atoms with Crippen molar-refractivity contribution in [3.63, 3.8) is 0 Å². The summed E-state index contributed by atoms with van der Waals surface area (Å²) >= 11 is 1.99. The number of rotatable bonds is 2. The average molecular weight is 493 g/mol. The Morgan fingerprint density at radius 3 is 2.27 bits per heavy atom. The molecule has 0 spiro atoms. The van der Waals surface area contributed by atoms with Crippen molar-refractivity contribution in [3.8, 4) is 0 Å². The summed E-state index contributed by atoms with van der Waals surface area (Å²) < 4.78 is 25.9. The second-order valence-corrected chi connectivity index (χ2v) is 11.8. The highest BCUT2D eigenvalue weighted by atomic mass is 32.2. The third kappa shape index (κ3) is 7.04. The molecule has 0 aromatic heterocycles. The first-order valence-corrected chi connectivity index (χ1v) is 14.2. The lowest BCUT2D eigenvalue weighted by Crippen LogP contribution is -2.46. The van der Waals surface area contributed by atoms with Gasteiger partial charge in [-0.3, -0.25) is 9.45 Å². The maximum atomic E-state index is 9.19. The van der Waals surface area contributed by atoms with Crippen LogP contribution in [0.4, 0.5) is 0 Å². The van der Waals surface area contributed by atoms with Crippen LogP contribution >= 0.6 is 11.8 Å². The fourth-order valence-corrected chi connectivity index (χ4v) is 6.22. The van der Waals surface area contributed by atoms with Crippen molar-refractivity contribution in [2.75, 3.05) is 39.5 Å². The summed E-state index contributed by atoms with van der Waals surface area (Å²) in [6.45, 7) is 4.73. The molecule has 6 nitrogen and oxygen atoms in total. The minimum absolute atomic E-state index is 0. The molecule has 1 atom stereocenters. The van der Waals surface area contributed by atoms with Crippen LogP contribution in [0, 0.1) is 0 Å². The van der Waals surface area contributed by atoms with Crippen molar-refractivity contribution < 1.29 is 18.4 Å². The van der Waals surface area contributed by atoms with Gasteiger partial charge in [0.1, 0.15) is 0 Å². The minimum atomic E-state index is -3.67. The highest BCUT2D eigenvalue weighted by Gasteiger charge is 2.30. The number of hydrogen-bond acceptors (Lipinski definition) is 5. The van der Waals surface area contributed by atoms with Gasteiger partial charge in [-0.05, 0) is 61.1 Å². The predicted octanol–water partition coefficient (Wildman–Crippen LogP) is 4.02. The van der Waals surface area contributed by atoms with Gasteiger partial charge < -0.3 is 10.4 Å². The van der Waals surface area contributed by atoms with Crippen molar-refractivity contribution in [1.29, 1.82) is 0 Å². The molecule has 1 unspecified atom stereocenters. The third-order valence-electron chi connectivity index (χ3n) is 6.80. The molecule has 8 heteroatoms. The van der Waals surface area contributed by atoms with Crippen molar-refractivity contribution in [2.24, 2.45) is 0 Å². The monoisotopic (exact) mass is 492 g/mol. The lowest BCUT2D eigenvalue weighted by Gasteiger charge is -2.38. The smallest absolute Gasteiger partial charge is 0.261 e. The Kier molecular flexibility index (Phi) is 9.00. The number of hydrogen-bond donors (Lipinski definition) is 1. The molecule has 2 aromatic carbocycles. The van der Waals surface area contributed by atoms with Crippen LogP contribution in [0.15, 0.2) is 52.3 Å². The molecule has 5 rings (SSSR count). The van der Waals surface area contributed by atoms with Gasteiger partial charge in [-0.15, -0.1) is 0 Å². The van der Waals surface area contributed by atoms with Crippen molar-refractivity contribution in [3.05, 3.63) is 59.2 Å². The van der Waals surface area contributed by atoms with Gasteiger partial charge in [0.2, 0.25) is 0 Å². The van der Waals surface area contributed by atoms with E-state index in [-0.39, 0.29) is 5.48 Å². The summed E-state index contributed by atoms with van der Waals surface area (Å²) in [5, 5.41) is 0. The van der Waals surface area contributed by atoms with E-state index in [4.69, 9.17) is 4.55 Å². The van der Waals surface area contributed by atoms with Crippen LogP contribution in [0.3, 0.4) is 0 Å². The molecule has 0 amide bonds. The summed E-state index contributed by atoms with van der Waals surface area (Å²) in [7, 11) is -1.41. The summed E-state index contributed by atoms with van der Waals surface area (Å²) in [5.74, 6) is 0.791. The molecule has 33 heavy (non-hydrogen) atoms. The van der Waals surface area contributed by atoms with Crippen LogP contribution in [0.1, 0.15) is 54.3 Å². The SMILES string of the molecule is CN1CCN(C2Cc3ccccc3Sc3ccc(C4CCCC4)cc32)CC1.CS(=O)(=O)O.O. The van der Waals surface area contributed by atoms with Gasteiger partial charge in [-0.2, -0.15) is 8.42 Å². The molecule has 2 fully saturated rings. The van der Waals surface area contributed by atoms with Crippen LogP contribution in [-0.2, 0) is 16.5 Å². The molecule has 1 aliphatic carbocycles. The normalized spacial score (nSPS) is 21.7. The highest BCUT2D eigenvalue weighted by molar-refractivity contribution is 7.99. The van der Waals surface area contributed by atoms with Gasteiger partial charge in [0.15, 0.2) is 0 Å². The van der Waals surface area contributed by atoms with Crippen LogP contribution < -0.4 is 0 Å². The first-order chi connectivity index (χ1) is 15.3. The quantitative estimate of drug-likeness (QED) is 0.637. The maximum Gasteiger partial charge on any atom is 0.261 e. The molecule has 2 heterocycles. The molecule has 0 bridgehead atoms. The summed E-state index contributed by atoms with van der Waals surface area (Å²) in [6, 6.07) is 17.0. The minimum Gasteiger partial charge on any atom is -0.412 e. The third-order valence-corrected chi connectivity index (χ3v) is 8.01. The Hall–Kier alpha value is -1.42. The van der Waals surface area contributed by atoms with Crippen LogP contribution in [0.5, 0.6) is 0 Å². The number of piperazine rings is 1. The van der Waals surface area contributed by atoms with Gasteiger partial charge in [-0.25, -0.2) is 0 Å². The Morgan fingerprint density at radius 2 is 1.61 bits per heavy atom. The van der Waals surface area contributed by atoms with E-state index < -0.39 is 10.1 Å². The molecular weight excluding hydrogens is 456 g/mol. The fraction of sp³-hybridized carbons (Fsp3) is 0.520. The zero-order valence-corrected chi connectivity index (χ0v) is 21.2. The summed E-state index contributed by atoms with van der Waals surface area (Å²) in [4.78, 5) is 8.14. The predicted molar refractivity (Wildman–Crippen MR) is 135 cm³/mol. The molecule has 0 radical (unpaired) electrons. The van der Waals surface area contributed by atoms with Crippen LogP contribution in [0.25, 0.3) is 0 Å². The van der Waals surface area contributed by atoms with Gasteiger partial charge >= 0.3 is 0 Å². The standard InChI is InChI=1S/C24H30N2S.CH4O3S.H2O/c1-25-12-14-26(15-13-25)22-17-20-8-4-5-9-23(20)27-24-11-10-19(16-21(22)24)18-6-2-3-7-18;1-5(2,3)4;/h4-5,8-11,16,18,22H,2-3,6-7,12-15,17H2,1H3;1H3,(H,2,3,4);1H2. The molecule has 3 N–H and O–H groups in total. The molecule has 182 valence electrons. The molecule has 2 aliphatic heterocycles. The van der Waals surface area contributed by atoms with Gasteiger partial charge in [0.05, 0.1) is 6.26 Å². The number of fused-ring (bicyclic) bond motifs is 2. The Labute approximate surface area is 202 Å². The van der Waals surface area contributed by atoms with Crippen LogP contribution in [0.2, 0.25) is 0 Å². The first-order valence-electron chi connectivity index (χ1n) is 11.5. The number of nitrogens with zero attached hydrogens (tertiary/aromatic N) is 2. The van der Waals surface area contributed by atoms with E-state index in [0.717, 1.165) is 12.3 Å². The summed E-state index contributed by atoms with van der Waals surface area (Å²) in [6.07, 6.45) is 7.44. The Balaban J connectivity index is 0.000000465. The first kappa shape index (κ1) is 26.2. The van der Waals surface area contributed by atoms with E-state index in [1.54, 1.807) is 11.1 Å². The number of benzene rings is 2.